The summed E-state index contributed by atoms with van der Waals surface area (Å²) in [5, 5.41) is 12.8. The number of hydrogen-bond donors (Lipinski definition) is 3. The molecule has 2 rings (SSSR count). The van der Waals surface area contributed by atoms with Gasteiger partial charge in [-0.2, -0.15) is 0 Å². The number of hydrogen-bond acceptors (Lipinski definition) is 4. The van der Waals surface area contributed by atoms with Crippen LogP contribution in [0.25, 0.3) is 0 Å². The van der Waals surface area contributed by atoms with E-state index in [2.05, 4.69) is 17.1 Å². The Balaban J connectivity index is 2.24. The van der Waals surface area contributed by atoms with Gasteiger partial charge < -0.3 is 21.1 Å². The number of amides is 1. The fourth-order valence-electron chi connectivity index (χ4n) is 2.80. The number of aliphatic hydroxyl groups excluding tert-OH is 1. The Kier molecular flexibility index (Phi) is 5.91. The molecule has 2 atom stereocenters. The quantitative estimate of drug-likeness (QED) is 0.699. The van der Waals surface area contributed by atoms with Gasteiger partial charge in [0.05, 0.1) is 23.4 Å². The first-order chi connectivity index (χ1) is 10.5. The Morgan fingerprint density at radius 2 is 2.36 bits per heavy atom. The summed E-state index contributed by atoms with van der Waals surface area (Å²) in [6.07, 6.45) is 1.76. The summed E-state index contributed by atoms with van der Waals surface area (Å²) < 4.78 is 0. The van der Waals surface area contributed by atoms with Crippen LogP contribution in [0.15, 0.2) is 18.2 Å². The van der Waals surface area contributed by atoms with Crippen molar-refractivity contribution in [3.63, 3.8) is 0 Å². The third-order valence-electron chi connectivity index (χ3n) is 3.99. The molecule has 1 saturated heterocycles. The van der Waals surface area contributed by atoms with Crippen molar-refractivity contribution in [1.29, 1.82) is 0 Å². The van der Waals surface area contributed by atoms with Gasteiger partial charge in [-0.3, -0.25) is 4.79 Å². The Hall–Kier alpha value is -1.46. The third-order valence-corrected chi connectivity index (χ3v) is 4.34. The number of aliphatic hydroxyl groups is 1. The molecule has 4 N–H and O–H groups in total. The normalized spacial score (nSPS) is 19.8. The number of halogens is 1. The minimum absolute atomic E-state index is 0.165. The molecule has 1 aliphatic rings. The Bertz CT molecular complexity index is 524. The Morgan fingerprint density at radius 3 is 3.00 bits per heavy atom. The minimum Gasteiger partial charge on any atom is -0.390 e. The van der Waals surface area contributed by atoms with Crippen molar-refractivity contribution >= 4 is 28.9 Å². The van der Waals surface area contributed by atoms with Crippen molar-refractivity contribution in [2.45, 2.75) is 25.9 Å². The summed E-state index contributed by atoms with van der Waals surface area (Å²) in [6.45, 7) is 4.56. The highest BCUT2D eigenvalue weighted by molar-refractivity contribution is 6.18. The SMILES string of the molecule is CC1CCCN(c2ccc(C(N)=O)cc2NCC(O)CCl)C1. The summed E-state index contributed by atoms with van der Waals surface area (Å²) in [6, 6.07) is 5.42. The van der Waals surface area contributed by atoms with Crippen LogP contribution in [0.4, 0.5) is 11.4 Å². The van der Waals surface area contributed by atoms with E-state index in [4.69, 9.17) is 17.3 Å². The standard InChI is InChI=1S/C16H24ClN3O2/c1-11-3-2-6-20(10-11)15-5-4-12(16(18)22)7-14(15)19-9-13(21)8-17/h4-5,7,11,13,19,21H,2-3,6,8-10H2,1H3,(H2,18,22). The summed E-state index contributed by atoms with van der Waals surface area (Å²) in [5.41, 5.74) is 7.67. The fraction of sp³-hybridized carbons (Fsp3) is 0.562. The Labute approximate surface area is 136 Å². The molecule has 1 aliphatic heterocycles. The van der Waals surface area contributed by atoms with Crippen molar-refractivity contribution in [2.24, 2.45) is 11.7 Å². The predicted molar refractivity (Wildman–Crippen MR) is 90.8 cm³/mol. The first-order valence-electron chi connectivity index (χ1n) is 7.68. The van der Waals surface area contributed by atoms with Crippen LogP contribution in [-0.4, -0.2) is 42.6 Å². The first kappa shape index (κ1) is 16.9. The molecule has 0 bridgehead atoms. The highest BCUT2D eigenvalue weighted by atomic mass is 35.5. The van der Waals surface area contributed by atoms with E-state index in [1.165, 1.54) is 6.42 Å². The van der Waals surface area contributed by atoms with Gasteiger partial charge in [-0.1, -0.05) is 6.92 Å². The van der Waals surface area contributed by atoms with Gasteiger partial charge in [0.15, 0.2) is 0 Å². The van der Waals surface area contributed by atoms with Gasteiger partial charge in [-0.15, -0.1) is 11.6 Å². The van der Waals surface area contributed by atoms with E-state index < -0.39 is 12.0 Å². The third kappa shape index (κ3) is 4.27. The zero-order valence-electron chi connectivity index (χ0n) is 12.9. The predicted octanol–water partition coefficient (Wildman–Crippen LogP) is 2.03. The molecule has 0 aromatic heterocycles. The van der Waals surface area contributed by atoms with Crippen LogP contribution in [0.5, 0.6) is 0 Å². The molecular formula is C16H24ClN3O2. The average Bonchev–Trinajstić information content (AvgIpc) is 2.52. The molecule has 1 fully saturated rings. The topological polar surface area (TPSA) is 78.6 Å². The van der Waals surface area contributed by atoms with Crippen LogP contribution >= 0.6 is 11.6 Å². The van der Waals surface area contributed by atoms with E-state index in [9.17, 15) is 9.90 Å². The summed E-state index contributed by atoms with van der Waals surface area (Å²) in [7, 11) is 0. The van der Waals surface area contributed by atoms with Crippen LogP contribution < -0.4 is 16.0 Å². The lowest BCUT2D eigenvalue weighted by Crippen LogP contribution is -2.35. The number of anilines is 2. The van der Waals surface area contributed by atoms with Gasteiger partial charge in [-0.25, -0.2) is 0 Å². The summed E-state index contributed by atoms with van der Waals surface area (Å²) >= 11 is 5.63. The second kappa shape index (κ2) is 7.70. The molecule has 122 valence electrons. The van der Waals surface area contributed by atoms with E-state index in [0.717, 1.165) is 30.9 Å². The first-order valence-corrected chi connectivity index (χ1v) is 8.21. The zero-order valence-corrected chi connectivity index (χ0v) is 13.6. The lowest BCUT2D eigenvalue weighted by atomic mass is 9.99. The van der Waals surface area contributed by atoms with Gasteiger partial charge in [0.25, 0.3) is 0 Å². The molecule has 5 nitrogen and oxygen atoms in total. The van der Waals surface area contributed by atoms with E-state index in [1.807, 2.05) is 6.07 Å². The van der Waals surface area contributed by atoms with E-state index in [-0.39, 0.29) is 5.88 Å². The number of rotatable bonds is 6. The number of alkyl halides is 1. The minimum atomic E-state index is -0.632. The molecule has 22 heavy (non-hydrogen) atoms. The van der Waals surface area contributed by atoms with E-state index in [0.29, 0.717) is 18.0 Å². The largest absolute Gasteiger partial charge is 0.390 e. The molecule has 0 aliphatic carbocycles. The van der Waals surface area contributed by atoms with Gasteiger partial charge in [0.1, 0.15) is 0 Å². The lowest BCUT2D eigenvalue weighted by Gasteiger charge is -2.34. The Morgan fingerprint density at radius 1 is 1.59 bits per heavy atom. The van der Waals surface area contributed by atoms with Crippen LogP contribution in [0, 0.1) is 5.92 Å². The number of nitrogens with two attached hydrogens (primary N) is 1. The number of nitrogens with one attached hydrogen (secondary N) is 1. The van der Waals surface area contributed by atoms with Crippen molar-refractivity contribution in [1.82, 2.24) is 0 Å². The van der Waals surface area contributed by atoms with Gasteiger partial charge in [0.2, 0.25) is 5.91 Å². The number of carbonyl (C=O) groups excluding carboxylic acids is 1. The van der Waals surface area contributed by atoms with Crippen molar-refractivity contribution in [3.05, 3.63) is 23.8 Å². The highest BCUT2D eigenvalue weighted by Gasteiger charge is 2.20. The van der Waals surface area contributed by atoms with E-state index in [1.54, 1.807) is 12.1 Å². The maximum atomic E-state index is 11.4. The number of piperidine rings is 1. The van der Waals surface area contributed by atoms with Crippen molar-refractivity contribution in [2.75, 3.05) is 35.7 Å². The zero-order chi connectivity index (χ0) is 16.1. The molecule has 0 radical (unpaired) electrons. The van der Waals surface area contributed by atoms with Crippen molar-refractivity contribution < 1.29 is 9.90 Å². The van der Waals surface area contributed by atoms with Gasteiger partial charge in [-0.05, 0) is 37.0 Å². The van der Waals surface area contributed by atoms with Crippen LogP contribution in [0.2, 0.25) is 0 Å². The average molecular weight is 326 g/mol. The fourth-order valence-corrected chi connectivity index (χ4v) is 2.91. The summed E-state index contributed by atoms with van der Waals surface area (Å²) in [4.78, 5) is 13.7. The lowest BCUT2D eigenvalue weighted by molar-refractivity contribution is 0.100. The molecule has 2 unspecified atom stereocenters. The molecule has 0 saturated carbocycles. The van der Waals surface area contributed by atoms with Crippen LogP contribution in [0.1, 0.15) is 30.1 Å². The second-order valence-electron chi connectivity index (χ2n) is 5.98. The van der Waals surface area contributed by atoms with Crippen LogP contribution in [-0.2, 0) is 0 Å². The molecule has 1 aromatic rings. The van der Waals surface area contributed by atoms with E-state index >= 15 is 0 Å². The van der Waals surface area contributed by atoms with Gasteiger partial charge in [0, 0.05) is 25.2 Å². The number of primary amides is 1. The molecule has 1 aromatic carbocycles. The molecule has 1 heterocycles. The monoisotopic (exact) mass is 325 g/mol. The van der Waals surface area contributed by atoms with Gasteiger partial charge >= 0.3 is 0 Å². The highest BCUT2D eigenvalue weighted by Crippen LogP contribution is 2.31. The van der Waals surface area contributed by atoms with Crippen LogP contribution in [0.3, 0.4) is 0 Å². The number of nitrogens with zero attached hydrogens (tertiary/aromatic N) is 1. The molecular weight excluding hydrogens is 302 g/mol. The maximum Gasteiger partial charge on any atom is 0.248 e. The summed E-state index contributed by atoms with van der Waals surface area (Å²) in [5.74, 6) is 0.351. The molecule has 0 spiro atoms. The second-order valence-corrected chi connectivity index (χ2v) is 6.29. The maximum absolute atomic E-state index is 11.4. The molecule has 1 amide bonds. The van der Waals surface area contributed by atoms with Crippen molar-refractivity contribution in [3.8, 4) is 0 Å². The smallest absolute Gasteiger partial charge is 0.248 e. The number of benzene rings is 1. The molecule has 6 heteroatoms. The number of carbonyl (C=O) groups is 1.